The van der Waals surface area contributed by atoms with Crippen LogP contribution in [-0.4, -0.2) is 18.2 Å². The number of carbonyl (C=O) groups is 1. The summed E-state index contributed by atoms with van der Waals surface area (Å²) in [5, 5.41) is 19.0. The van der Waals surface area contributed by atoms with Crippen molar-refractivity contribution in [3.8, 4) is 11.8 Å². The van der Waals surface area contributed by atoms with Crippen molar-refractivity contribution in [1.82, 2.24) is 0 Å². The van der Waals surface area contributed by atoms with Crippen molar-refractivity contribution in [1.29, 1.82) is 5.26 Å². The number of aryl methyl sites for hydroxylation is 2. The first kappa shape index (κ1) is 16.6. The second kappa shape index (κ2) is 7.10. The Morgan fingerprint density at radius 3 is 2.60 bits per heavy atom. The van der Waals surface area contributed by atoms with Gasteiger partial charge in [-0.25, -0.2) is 0 Å². The zero-order chi connectivity index (χ0) is 17.8. The van der Waals surface area contributed by atoms with E-state index in [-0.39, 0.29) is 6.42 Å². The van der Waals surface area contributed by atoms with Gasteiger partial charge in [0.25, 0.3) is 0 Å². The summed E-state index contributed by atoms with van der Waals surface area (Å²) in [6.45, 7) is 0. The van der Waals surface area contributed by atoms with Gasteiger partial charge in [0.05, 0.1) is 25.2 Å². The monoisotopic (exact) mass is 335 g/mol. The Hall–Kier alpha value is -3.26. The molecule has 126 valence electrons. The van der Waals surface area contributed by atoms with E-state index in [4.69, 9.17) is 14.4 Å². The van der Waals surface area contributed by atoms with Crippen LogP contribution in [0.2, 0.25) is 0 Å². The normalized spacial score (nSPS) is 10.6. The third-order valence-electron chi connectivity index (χ3n) is 4.13. The minimum absolute atomic E-state index is 0.100. The van der Waals surface area contributed by atoms with Crippen LogP contribution in [0.1, 0.15) is 22.5 Å². The van der Waals surface area contributed by atoms with E-state index >= 15 is 0 Å². The molecule has 25 heavy (non-hydrogen) atoms. The number of methoxy groups -OCH3 is 1. The lowest BCUT2D eigenvalue weighted by molar-refractivity contribution is -0.136. The average molecular weight is 335 g/mol. The second-order valence-electron chi connectivity index (χ2n) is 5.75. The summed E-state index contributed by atoms with van der Waals surface area (Å²) in [5.74, 6) is 0.546. The number of nitriles is 1. The molecule has 0 spiro atoms. The van der Waals surface area contributed by atoms with Crippen LogP contribution < -0.4 is 4.74 Å². The van der Waals surface area contributed by atoms with Gasteiger partial charge < -0.3 is 14.3 Å². The molecule has 0 amide bonds. The highest BCUT2D eigenvalue weighted by Gasteiger charge is 2.17. The van der Waals surface area contributed by atoms with Gasteiger partial charge in [0, 0.05) is 17.4 Å². The van der Waals surface area contributed by atoms with Crippen molar-refractivity contribution in [2.24, 2.45) is 0 Å². The maximum atomic E-state index is 11.2. The molecule has 5 nitrogen and oxygen atoms in total. The van der Waals surface area contributed by atoms with Crippen LogP contribution in [0, 0.1) is 11.3 Å². The van der Waals surface area contributed by atoms with Crippen LogP contribution in [0.3, 0.4) is 0 Å². The summed E-state index contributed by atoms with van der Waals surface area (Å²) < 4.78 is 11.0. The lowest BCUT2D eigenvalue weighted by Gasteiger charge is -2.04. The molecule has 0 aliphatic heterocycles. The van der Waals surface area contributed by atoms with Gasteiger partial charge in [-0.3, -0.25) is 4.79 Å². The molecular weight excluding hydrogens is 318 g/mol. The van der Waals surface area contributed by atoms with E-state index in [1.54, 1.807) is 25.3 Å². The molecule has 0 saturated carbocycles. The smallest absolute Gasteiger partial charge is 0.307 e. The van der Waals surface area contributed by atoms with Crippen molar-refractivity contribution < 1.29 is 19.1 Å². The van der Waals surface area contributed by atoms with Crippen molar-refractivity contribution >= 4 is 16.9 Å². The number of carboxylic acid groups (broad SMARTS) is 1. The van der Waals surface area contributed by atoms with E-state index in [0.717, 1.165) is 23.1 Å². The topological polar surface area (TPSA) is 83.5 Å². The van der Waals surface area contributed by atoms with E-state index in [1.807, 2.05) is 24.3 Å². The summed E-state index contributed by atoms with van der Waals surface area (Å²) in [6, 6.07) is 14.9. The fraction of sp³-hybridized carbons (Fsp3) is 0.200. The highest BCUT2D eigenvalue weighted by atomic mass is 16.5. The van der Waals surface area contributed by atoms with Crippen LogP contribution in [0.25, 0.3) is 11.0 Å². The number of fused-ring (bicyclic) bond motifs is 1. The summed E-state index contributed by atoms with van der Waals surface area (Å²) in [7, 11) is 1.62. The van der Waals surface area contributed by atoms with Crippen molar-refractivity contribution in [2.75, 3.05) is 7.11 Å². The number of ether oxygens (including phenoxy) is 1. The SMILES string of the molecule is COc1ccc(CCc2oc3cc(C#N)ccc3c2CC(=O)O)cc1. The third kappa shape index (κ3) is 3.64. The number of furan rings is 1. The van der Waals surface area contributed by atoms with E-state index in [1.165, 1.54) is 0 Å². The largest absolute Gasteiger partial charge is 0.497 e. The zero-order valence-corrected chi connectivity index (χ0v) is 13.8. The van der Waals surface area contributed by atoms with Crippen LogP contribution in [0.15, 0.2) is 46.9 Å². The first-order chi connectivity index (χ1) is 12.1. The van der Waals surface area contributed by atoms with Gasteiger partial charge in [-0.1, -0.05) is 12.1 Å². The minimum Gasteiger partial charge on any atom is -0.497 e. The van der Waals surface area contributed by atoms with Gasteiger partial charge in [-0.05, 0) is 42.3 Å². The van der Waals surface area contributed by atoms with Gasteiger partial charge in [0.1, 0.15) is 17.1 Å². The number of benzene rings is 2. The van der Waals surface area contributed by atoms with Crippen LogP contribution in [0.4, 0.5) is 0 Å². The van der Waals surface area contributed by atoms with Crippen LogP contribution >= 0.6 is 0 Å². The van der Waals surface area contributed by atoms with E-state index in [0.29, 0.717) is 28.9 Å². The number of aliphatic carboxylic acids is 1. The first-order valence-electron chi connectivity index (χ1n) is 7.90. The average Bonchev–Trinajstić information content (AvgIpc) is 2.96. The molecule has 0 fully saturated rings. The van der Waals surface area contributed by atoms with Gasteiger partial charge in [-0.15, -0.1) is 0 Å². The fourth-order valence-corrected chi connectivity index (χ4v) is 2.87. The highest BCUT2D eigenvalue weighted by Crippen LogP contribution is 2.28. The quantitative estimate of drug-likeness (QED) is 0.742. The Balaban J connectivity index is 1.90. The Labute approximate surface area is 145 Å². The van der Waals surface area contributed by atoms with Gasteiger partial charge >= 0.3 is 5.97 Å². The minimum atomic E-state index is -0.905. The lowest BCUT2D eigenvalue weighted by Crippen LogP contribution is -2.03. The fourth-order valence-electron chi connectivity index (χ4n) is 2.87. The molecule has 1 aromatic heterocycles. The molecule has 5 heteroatoms. The maximum absolute atomic E-state index is 11.2. The molecule has 0 aliphatic carbocycles. The molecule has 0 radical (unpaired) electrons. The van der Waals surface area contributed by atoms with E-state index < -0.39 is 5.97 Å². The lowest BCUT2D eigenvalue weighted by atomic mass is 10.0. The van der Waals surface area contributed by atoms with E-state index in [2.05, 4.69) is 6.07 Å². The zero-order valence-electron chi connectivity index (χ0n) is 13.8. The molecular formula is C20H17NO4. The Morgan fingerprint density at radius 2 is 1.96 bits per heavy atom. The summed E-state index contributed by atoms with van der Waals surface area (Å²) in [6.07, 6.45) is 1.21. The summed E-state index contributed by atoms with van der Waals surface area (Å²) in [5.41, 5.74) is 2.84. The standard InChI is InChI=1S/C20H17NO4/c1-24-15-6-2-13(3-7-15)5-9-18-17(11-20(22)23)16-8-4-14(12-21)10-19(16)25-18/h2-4,6-8,10H,5,9,11H2,1H3,(H,22,23). The number of carboxylic acids is 1. The number of nitrogens with zero attached hydrogens (tertiary/aromatic N) is 1. The number of rotatable bonds is 6. The van der Waals surface area contributed by atoms with Crippen LogP contribution in [0.5, 0.6) is 5.75 Å². The van der Waals surface area contributed by atoms with Crippen molar-refractivity contribution in [2.45, 2.75) is 19.3 Å². The molecule has 0 aliphatic rings. The predicted molar refractivity (Wildman–Crippen MR) is 92.7 cm³/mol. The van der Waals surface area contributed by atoms with Gasteiger partial charge in [-0.2, -0.15) is 5.26 Å². The molecule has 3 rings (SSSR count). The first-order valence-corrected chi connectivity index (χ1v) is 7.90. The Bertz CT molecular complexity index is 948. The van der Waals surface area contributed by atoms with Crippen molar-refractivity contribution in [3.05, 3.63) is 64.9 Å². The summed E-state index contributed by atoms with van der Waals surface area (Å²) >= 11 is 0. The molecule has 3 aromatic rings. The second-order valence-corrected chi connectivity index (χ2v) is 5.75. The Kier molecular flexibility index (Phi) is 4.71. The Morgan fingerprint density at radius 1 is 1.20 bits per heavy atom. The van der Waals surface area contributed by atoms with Crippen molar-refractivity contribution in [3.63, 3.8) is 0 Å². The molecule has 2 aromatic carbocycles. The molecule has 0 unspecified atom stereocenters. The number of hydrogen-bond donors (Lipinski definition) is 1. The molecule has 1 heterocycles. The van der Waals surface area contributed by atoms with E-state index in [9.17, 15) is 9.90 Å². The van der Waals surface area contributed by atoms with Gasteiger partial charge in [0.2, 0.25) is 0 Å². The van der Waals surface area contributed by atoms with Gasteiger partial charge in [0.15, 0.2) is 0 Å². The summed E-state index contributed by atoms with van der Waals surface area (Å²) in [4.78, 5) is 11.2. The number of hydrogen-bond acceptors (Lipinski definition) is 4. The van der Waals surface area contributed by atoms with Crippen LogP contribution in [-0.2, 0) is 24.1 Å². The predicted octanol–water partition coefficient (Wildman–Crippen LogP) is 3.73. The molecule has 0 saturated heterocycles. The highest BCUT2D eigenvalue weighted by molar-refractivity contribution is 5.87. The molecule has 1 N–H and O–H groups in total. The molecule has 0 atom stereocenters. The third-order valence-corrected chi connectivity index (χ3v) is 4.13. The molecule has 0 bridgehead atoms. The maximum Gasteiger partial charge on any atom is 0.307 e.